The molecule has 0 amide bonds. The molecule has 1 atom stereocenters. The summed E-state index contributed by atoms with van der Waals surface area (Å²) in [6.07, 6.45) is 6.89. The molecular formula is C15H24N2O2S. The molecule has 5 heteroatoms. The van der Waals surface area contributed by atoms with Gasteiger partial charge in [-0.05, 0) is 24.7 Å². The van der Waals surface area contributed by atoms with Gasteiger partial charge in [-0.3, -0.25) is 4.79 Å². The van der Waals surface area contributed by atoms with Crippen LogP contribution in [0.1, 0.15) is 64.1 Å². The molecule has 0 aromatic carbocycles. The van der Waals surface area contributed by atoms with Crippen molar-refractivity contribution in [1.82, 2.24) is 9.55 Å². The smallest absolute Gasteiger partial charge is 0.313 e. The average molecular weight is 296 g/mol. The van der Waals surface area contributed by atoms with Crippen molar-refractivity contribution in [3.05, 3.63) is 11.9 Å². The van der Waals surface area contributed by atoms with Crippen LogP contribution < -0.4 is 0 Å². The number of carboxylic acid groups (broad SMARTS) is 1. The fourth-order valence-corrected chi connectivity index (χ4v) is 3.35. The second-order valence-electron chi connectivity index (χ2n) is 5.91. The topological polar surface area (TPSA) is 55.1 Å². The number of imidazole rings is 1. The van der Waals surface area contributed by atoms with Gasteiger partial charge in [0.25, 0.3) is 0 Å². The number of thioether (sulfide) groups is 1. The second kappa shape index (κ2) is 6.66. The number of carbonyl (C=O) groups is 1. The average Bonchev–Trinajstić information content (AvgIpc) is 3.10. The van der Waals surface area contributed by atoms with Crippen LogP contribution in [0, 0.1) is 5.92 Å². The summed E-state index contributed by atoms with van der Waals surface area (Å²) in [5, 5.41) is 9.74. The highest BCUT2D eigenvalue weighted by Gasteiger charge is 2.28. The van der Waals surface area contributed by atoms with E-state index in [1.54, 1.807) is 0 Å². The van der Waals surface area contributed by atoms with Crippen LogP contribution in [-0.4, -0.2) is 26.4 Å². The van der Waals surface area contributed by atoms with Gasteiger partial charge < -0.3 is 9.67 Å². The molecule has 1 heterocycles. The number of rotatable bonds is 8. The van der Waals surface area contributed by atoms with Crippen molar-refractivity contribution in [1.29, 1.82) is 0 Å². The lowest BCUT2D eigenvalue weighted by Gasteiger charge is -2.23. The molecule has 1 saturated carbocycles. The van der Waals surface area contributed by atoms with Crippen molar-refractivity contribution in [3.8, 4) is 0 Å². The first-order valence-electron chi connectivity index (χ1n) is 7.44. The van der Waals surface area contributed by atoms with Gasteiger partial charge in [0.05, 0.1) is 5.75 Å². The minimum atomic E-state index is -0.786. The first-order valence-corrected chi connectivity index (χ1v) is 8.43. The van der Waals surface area contributed by atoms with E-state index in [0.29, 0.717) is 12.0 Å². The molecule has 1 unspecified atom stereocenters. The first-order chi connectivity index (χ1) is 9.52. The van der Waals surface area contributed by atoms with Crippen LogP contribution in [0.5, 0.6) is 0 Å². The van der Waals surface area contributed by atoms with E-state index in [1.807, 2.05) is 6.20 Å². The predicted octanol–water partition coefficient (Wildman–Crippen LogP) is 3.93. The Bertz CT molecular complexity index is 466. The Morgan fingerprint density at radius 2 is 2.25 bits per heavy atom. The zero-order chi connectivity index (χ0) is 14.7. The van der Waals surface area contributed by atoms with Crippen molar-refractivity contribution in [2.24, 2.45) is 5.92 Å². The maximum absolute atomic E-state index is 10.8. The van der Waals surface area contributed by atoms with Gasteiger partial charge in [0.2, 0.25) is 0 Å². The molecular weight excluding hydrogens is 272 g/mol. The van der Waals surface area contributed by atoms with Gasteiger partial charge in [-0.2, -0.15) is 0 Å². The normalized spacial score (nSPS) is 16.6. The largest absolute Gasteiger partial charge is 0.481 e. The molecule has 2 rings (SSSR count). The van der Waals surface area contributed by atoms with Crippen molar-refractivity contribution in [3.63, 3.8) is 0 Å². The minimum Gasteiger partial charge on any atom is -0.481 e. The zero-order valence-electron chi connectivity index (χ0n) is 12.5. The predicted molar refractivity (Wildman–Crippen MR) is 81.3 cm³/mol. The number of aliphatic carboxylic acids is 1. The molecule has 0 aliphatic heterocycles. The molecule has 112 valence electrons. The SMILES string of the molecule is CCC(CC1CC1)n1c(C(C)C)cnc1SCC(=O)O. The van der Waals surface area contributed by atoms with Crippen molar-refractivity contribution in [2.75, 3.05) is 5.75 Å². The third kappa shape index (κ3) is 3.78. The van der Waals surface area contributed by atoms with E-state index in [4.69, 9.17) is 5.11 Å². The van der Waals surface area contributed by atoms with E-state index in [0.717, 1.165) is 17.5 Å². The summed E-state index contributed by atoms with van der Waals surface area (Å²) in [6.45, 7) is 6.55. The quantitative estimate of drug-likeness (QED) is 0.738. The highest BCUT2D eigenvalue weighted by Crippen LogP contribution is 2.40. The van der Waals surface area contributed by atoms with Gasteiger partial charge in [0, 0.05) is 17.9 Å². The van der Waals surface area contributed by atoms with Crippen LogP contribution in [0.15, 0.2) is 11.4 Å². The Kier molecular flexibility index (Phi) is 5.13. The van der Waals surface area contributed by atoms with Gasteiger partial charge in [-0.25, -0.2) is 4.98 Å². The molecule has 4 nitrogen and oxygen atoms in total. The van der Waals surface area contributed by atoms with Gasteiger partial charge >= 0.3 is 5.97 Å². The highest BCUT2D eigenvalue weighted by molar-refractivity contribution is 7.99. The number of hydrogen-bond donors (Lipinski definition) is 1. The number of carboxylic acids is 1. The Morgan fingerprint density at radius 3 is 2.75 bits per heavy atom. The van der Waals surface area contributed by atoms with E-state index in [1.165, 1.54) is 36.7 Å². The van der Waals surface area contributed by atoms with Crippen LogP contribution in [0.4, 0.5) is 0 Å². The van der Waals surface area contributed by atoms with Crippen molar-refractivity contribution >= 4 is 17.7 Å². The summed E-state index contributed by atoms with van der Waals surface area (Å²) in [5.74, 6) is 0.564. The van der Waals surface area contributed by atoms with E-state index in [-0.39, 0.29) is 5.75 Å². The Morgan fingerprint density at radius 1 is 1.55 bits per heavy atom. The highest BCUT2D eigenvalue weighted by atomic mass is 32.2. The lowest BCUT2D eigenvalue weighted by atomic mass is 10.1. The Balaban J connectivity index is 2.23. The van der Waals surface area contributed by atoms with Gasteiger partial charge in [0.15, 0.2) is 5.16 Å². The lowest BCUT2D eigenvalue weighted by Crippen LogP contribution is -2.15. The van der Waals surface area contributed by atoms with Crippen molar-refractivity contribution in [2.45, 2.75) is 63.6 Å². The molecule has 1 N–H and O–H groups in total. The number of nitrogens with zero attached hydrogens (tertiary/aromatic N) is 2. The lowest BCUT2D eigenvalue weighted by molar-refractivity contribution is -0.133. The number of aromatic nitrogens is 2. The summed E-state index contributed by atoms with van der Waals surface area (Å²) in [6, 6.07) is 0.457. The van der Waals surface area contributed by atoms with E-state index in [9.17, 15) is 4.79 Å². The number of hydrogen-bond acceptors (Lipinski definition) is 3. The summed E-state index contributed by atoms with van der Waals surface area (Å²) < 4.78 is 2.30. The van der Waals surface area contributed by atoms with E-state index < -0.39 is 5.97 Å². The Labute approximate surface area is 125 Å². The van der Waals surface area contributed by atoms with Crippen LogP contribution in [0.2, 0.25) is 0 Å². The van der Waals surface area contributed by atoms with Gasteiger partial charge in [-0.15, -0.1) is 0 Å². The minimum absolute atomic E-state index is 0.0778. The molecule has 1 aliphatic carbocycles. The molecule has 0 bridgehead atoms. The monoisotopic (exact) mass is 296 g/mol. The molecule has 1 aliphatic rings. The first kappa shape index (κ1) is 15.4. The third-order valence-corrected chi connectivity index (χ3v) is 4.80. The molecule has 0 saturated heterocycles. The molecule has 0 radical (unpaired) electrons. The summed E-state index contributed by atoms with van der Waals surface area (Å²) in [4.78, 5) is 15.3. The van der Waals surface area contributed by atoms with Crippen molar-refractivity contribution < 1.29 is 9.90 Å². The third-order valence-electron chi connectivity index (χ3n) is 3.85. The maximum atomic E-state index is 10.8. The van der Waals surface area contributed by atoms with E-state index in [2.05, 4.69) is 30.3 Å². The summed E-state index contributed by atoms with van der Waals surface area (Å²) in [7, 11) is 0. The maximum Gasteiger partial charge on any atom is 0.313 e. The van der Waals surface area contributed by atoms with Crippen LogP contribution in [-0.2, 0) is 4.79 Å². The van der Waals surface area contributed by atoms with Crippen LogP contribution in [0.3, 0.4) is 0 Å². The van der Waals surface area contributed by atoms with Gasteiger partial charge in [0.1, 0.15) is 0 Å². The fourth-order valence-electron chi connectivity index (χ4n) is 2.58. The fraction of sp³-hybridized carbons (Fsp3) is 0.733. The second-order valence-corrected chi connectivity index (χ2v) is 6.86. The molecule has 0 spiro atoms. The Hall–Kier alpha value is -0.970. The summed E-state index contributed by atoms with van der Waals surface area (Å²) in [5.41, 5.74) is 1.23. The zero-order valence-corrected chi connectivity index (χ0v) is 13.3. The van der Waals surface area contributed by atoms with Crippen LogP contribution in [0.25, 0.3) is 0 Å². The van der Waals surface area contributed by atoms with Crippen LogP contribution >= 0.6 is 11.8 Å². The molecule has 1 aromatic rings. The molecule has 20 heavy (non-hydrogen) atoms. The molecule has 1 aromatic heterocycles. The van der Waals surface area contributed by atoms with Gasteiger partial charge in [-0.1, -0.05) is 45.4 Å². The standard InChI is InChI=1S/C15H24N2O2S/c1-4-12(7-11-5-6-11)17-13(10(2)3)8-16-15(17)20-9-14(18)19/h8,10-12H,4-7,9H2,1-3H3,(H,18,19). The molecule has 1 fully saturated rings. The summed E-state index contributed by atoms with van der Waals surface area (Å²) >= 11 is 1.34. The van der Waals surface area contributed by atoms with E-state index >= 15 is 0 Å².